The van der Waals surface area contributed by atoms with Gasteiger partial charge in [0, 0.05) is 21.8 Å². The number of amides is 1. The van der Waals surface area contributed by atoms with E-state index in [0.29, 0.717) is 21.4 Å². The lowest BCUT2D eigenvalue weighted by molar-refractivity contribution is 0.102. The van der Waals surface area contributed by atoms with Crippen molar-refractivity contribution in [2.45, 2.75) is 13.8 Å². The molecular formula is C16H14ClN3O3S. The topological polar surface area (TPSA) is 72.7 Å². The van der Waals surface area contributed by atoms with Gasteiger partial charge in [0.25, 0.3) is 11.5 Å². The molecule has 1 N–H and O–H groups in total. The number of fused-ring (bicyclic) bond motifs is 1. The summed E-state index contributed by atoms with van der Waals surface area (Å²) in [6, 6.07) is 4.84. The number of benzene rings is 1. The average Bonchev–Trinajstić information content (AvgIpc) is 2.83. The number of rotatable bonds is 3. The minimum Gasteiger partial charge on any atom is -0.495 e. The van der Waals surface area contributed by atoms with Crippen LogP contribution in [0.2, 0.25) is 5.02 Å². The van der Waals surface area contributed by atoms with Gasteiger partial charge in [0.15, 0.2) is 4.96 Å². The molecule has 2 heterocycles. The van der Waals surface area contributed by atoms with Crippen molar-refractivity contribution in [3.8, 4) is 5.75 Å². The minimum atomic E-state index is -0.564. The Kier molecular flexibility index (Phi) is 4.29. The van der Waals surface area contributed by atoms with Gasteiger partial charge in [-0.1, -0.05) is 11.6 Å². The lowest BCUT2D eigenvalue weighted by atomic mass is 10.2. The van der Waals surface area contributed by atoms with Crippen molar-refractivity contribution in [2.24, 2.45) is 0 Å². The first-order chi connectivity index (χ1) is 11.4. The van der Waals surface area contributed by atoms with Gasteiger partial charge in [-0.25, -0.2) is 4.98 Å². The molecule has 6 nitrogen and oxygen atoms in total. The fourth-order valence-electron chi connectivity index (χ4n) is 2.30. The molecule has 0 aliphatic rings. The third kappa shape index (κ3) is 2.76. The van der Waals surface area contributed by atoms with E-state index >= 15 is 0 Å². The maximum Gasteiger partial charge on any atom is 0.271 e. The molecule has 124 valence electrons. The Morgan fingerprint density at radius 1 is 1.38 bits per heavy atom. The highest BCUT2D eigenvalue weighted by molar-refractivity contribution is 7.17. The van der Waals surface area contributed by atoms with Crippen LogP contribution in [0, 0.1) is 13.8 Å². The van der Waals surface area contributed by atoms with Gasteiger partial charge < -0.3 is 10.1 Å². The Bertz CT molecular complexity index is 1010. The monoisotopic (exact) mass is 363 g/mol. The van der Waals surface area contributed by atoms with E-state index in [1.807, 2.05) is 13.8 Å². The second-order valence-corrected chi connectivity index (χ2v) is 6.76. The van der Waals surface area contributed by atoms with Crippen LogP contribution in [-0.2, 0) is 0 Å². The summed E-state index contributed by atoms with van der Waals surface area (Å²) in [5.74, 6) is -0.116. The first kappa shape index (κ1) is 16.5. The molecule has 0 radical (unpaired) electrons. The molecule has 3 rings (SSSR count). The second-order valence-electron chi connectivity index (χ2n) is 5.14. The number of ether oxygens (including phenoxy) is 1. The molecule has 0 aliphatic carbocycles. The third-order valence-electron chi connectivity index (χ3n) is 3.67. The van der Waals surface area contributed by atoms with Gasteiger partial charge in [0.2, 0.25) is 0 Å². The highest BCUT2D eigenvalue weighted by Gasteiger charge is 2.18. The summed E-state index contributed by atoms with van der Waals surface area (Å²) in [4.78, 5) is 30.9. The molecule has 1 aromatic carbocycles. The van der Waals surface area contributed by atoms with E-state index in [1.165, 1.54) is 29.0 Å². The van der Waals surface area contributed by atoms with Gasteiger partial charge in [0.1, 0.15) is 11.3 Å². The number of anilines is 1. The van der Waals surface area contributed by atoms with Crippen LogP contribution >= 0.6 is 22.9 Å². The van der Waals surface area contributed by atoms with Gasteiger partial charge in [0.05, 0.1) is 12.8 Å². The Labute approximate surface area is 146 Å². The zero-order valence-corrected chi connectivity index (χ0v) is 14.8. The molecule has 0 aliphatic heterocycles. The number of carbonyl (C=O) groups is 1. The Balaban J connectivity index is 2.04. The summed E-state index contributed by atoms with van der Waals surface area (Å²) in [6.07, 6.45) is 1.29. The van der Waals surface area contributed by atoms with Crippen LogP contribution in [0.4, 0.5) is 5.69 Å². The average molecular weight is 364 g/mol. The number of hydrogen-bond acceptors (Lipinski definition) is 5. The summed E-state index contributed by atoms with van der Waals surface area (Å²) in [6.45, 7) is 3.73. The number of thiazole rings is 1. The van der Waals surface area contributed by atoms with Gasteiger partial charge in [-0.05, 0) is 32.0 Å². The maximum absolute atomic E-state index is 12.6. The van der Waals surface area contributed by atoms with Gasteiger partial charge in [-0.15, -0.1) is 11.3 Å². The molecule has 0 spiro atoms. The standard InChI is InChI=1S/C16H14ClN3O3S/c1-8-9(2)24-16-18-7-11(15(22)20(8)16)14(21)19-12-6-10(17)4-5-13(12)23-3/h4-7H,1-3H3,(H,19,21). The number of nitrogens with zero attached hydrogens (tertiary/aromatic N) is 2. The van der Waals surface area contributed by atoms with Crippen molar-refractivity contribution >= 4 is 39.5 Å². The predicted octanol–water partition coefficient (Wildman–Crippen LogP) is 3.29. The van der Waals surface area contributed by atoms with Crippen molar-refractivity contribution < 1.29 is 9.53 Å². The third-order valence-corrected chi connectivity index (χ3v) is 4.98. The Morgan fingerprint density at radius 3 is 2.83 bits per heavy atom. The van der Waals surface area contributed by atoms with Gasteiger partial charge in [-0.3, -0.25) is 14.0 Å². The van der Waals surface area contributed by atoms with Crippen LogP contribution in [0.5, 0.6) is 5.75 Å². The summed E-state index contributed by atoms with van der Waals surface area (Å²) in [5.41, 5.74) is 0.718. The zero-order chi connectivity index (χ0) is 17.4. The first-order valence-electron chi connectivity index (χ1n) is 7.05. The predicted molar refractivity (Wildman–Crippen MR) is 94.8 cm³/mol. The molecule has 3 aromatic rings. The summed E-state index contributed by atoms with van der Waals surface area (Å²) < 4.78 is 6.64. The number of halogens is 1. The van der Waals surface area contributed by atoms with Crippen LogP contribution in [0.15, 0.2) is 29.2 Å². The van der Waals surface area contributed by atoms with Crippen molar-refractivity contribution in [2.75, 3.05) is 12.4 Å². The highest BCUT2D eigenvalue weighted by atomic mass is 35.5. The number of nitrogens with one attached hydrogen (secondary N) is 1. The fraction of sp³-hybridized carbons (Fsp3) is 0.188. The quantitative estimate of drug-likeness (QED) is 0.775. The minimum absolute atomic E-state index is 0.0459. The molecule has 0 bridgehead atoms. The molecule has 24 heavy (non-hydrogen) atoms. The Morgan fingerprint density at radius 2 is 2.12 bits per heavy atom. The van der Waals surface area contributed by atoms with Crippen LogP contribution in [0.1, 0.15) is 20.9 Å². The summed E-state index contributed by atoms with van der Waals surface area (Å²) >= 11 is 7.36. The second kappa shape index (κ2) is 6.26. The van der Waals surface area contributed by atoms with Crippen molar-refractivity contribution in [1.29, 1.82) is 0 Å². The molecule has 0 unspecified atom stereocenters. The van der Waals surface area contributed by atoms with E-state index in [1.54, 1.807) is 18.2 Å². The lowest BCUT2D eigenvalue weighted by Crippen LogP contribution is -2.26. The van der Waals surface area contributed by atoms with Gasteiger partial charge in [-0.2, -0.15) is 0 Å². The van der Waals surface area contributed by atoms with E-state index in [0.717, 1.165) is 10.6 Å². The number of methoxy groups -OCH3 is 1. The summed E-state index contributed by atoms with van der Waals surface area (Å²) in [7, 11) is 1.49. The van der Waals surface area contributed by atoms with E-state index in [9.17, 15) is 9.59 Å². The van der Waals surface area contributed by atoms with E-state index in [2.05, 4.69) is 10.3 Å². The maximum atomic E-state index is 12.6. The van der Waals surface area contributed by atoms with E-state index in [-0.39, 0.29) is 5.56 Å². The molecule has 0 fully saturated rings. The van der Waals surface area contributed by atoms with E-state index in [4.69, 9.17) is 16.3 Å². The largest absolute Gasteiger partial charge is 0.495 e. The van der Waals surface area contributed by atoms with Gasteiger partial charge >= 0.3 is 0 Å². The fourth-order valence-corrected chi connectivity index (χ4v) is 3.40. The molecule has 1 amide bonds. The summed E-state index contributed by atoms with van der Waals surface area (Å²) in [5, 5.41) is 3.10. The lowest BCUT2D eigenvalue weighted by Gasteiger charge is -2.10. The molecule has 2 aromatic heterocycles. The number of aryl methyl sites for hydroxylation is 2. The number of aromatic nitrogens is 2. The Hall–Kier alpha value is -2.38. The normalized spacial score (nSPS) is 10.8. The highest BCUT2D eigenvalue weighted by Crippen LogP contribution is 2.28. The zero-order valence-electron chi connectivity index (χ0n) is 13.2. The molecular weight excluding hydrogens is 350 g/mol. The molecule has 0 saturated heterocycles. The van der Waals surface area contributed by atoms with Crippen molar-refractivity contribution in [3.63, 3.8) is 0 Å². The molecule has 0 saturated carbocycles. The number of carbonyl (C=O) groups excluding carboxylic acids is 1. The first-order valence-corrected chi connectivity index (χ1v) is 8.24. The van der Waals surface area contributed by atoms with Crippen molar-refractivity contribution in [1.82, 2.24) is 9.38 Å². The molecule has 8 heteroatoms. The van der Waals surface area contributed by atoms with Crippen LogP contribution in [-0.4, -0.2) is 22.4 Å². The SMILES string of the molecule is COc1ccc(Cl)cc1NC(=O)c1cnc2sc(C)c(C)n2c1=O. The smallest absolute Gasteiger partial charge is 0.271 e. The molecule has 0 atom stereocenters. The van der Waals surface area contributed by atoms with Crippen LogP contribution < -0.4 is 15.6 Å². The van der Waals surface area contributed by atoms with Crippen LogP contribution in [0.25, 0.3) is 4.96 Å². The number of hydrogen-bond donors (Lipinski definition) is 1. The van der Waals surface area contributed by atoms with E-state index < -0.39 is 11.5 Å². The van der Waals surface area contributed by atoms with Crippen LogP contribution in [0.3, 0.4) is 0 Å². The van der Waals surface area contributed by atoms with Crippen molar-refractivity contribution in [3.05, 3.63) is 55.9 Å².